The molecular weight excluding hydrogens is 282 g/mol. The number of nitrogens with zero attached hydrogens (tertiary/aromatic N) is 1. The van der Waals surface area contributed by atoms with Crippen molar-refractivity contribution in [1.29, 1.82) is 0 Å². The van der Waals surface area contributed by atoms with Crippen LogP contribution in [0.1, 0.15) is 25.3 Å². The first-order chi connectivity index (χ1) is 8.69. The molecule has 1 nitrogen and oxygen atoms in total. The van der Waals surface area contributed by atoms with Crippen molar-refractivity contribution in [2.24, 2.45) is 0 Å². The van der Waals surface area contributed by atoms with E-state index in [9.17, 15) is 0 Å². The number of benzene rings is 1. The van der Waals surface area contributed by atoms with Crippen molar-refractivity contribution in [2.75, 3.05) is 6.26 Å². The smallest absolute Gasteiger partial charge is 0.182 e. The van der Waals surface area contributed by atoms with E-state index < -0.39 is 0 Å². The summed E-state index contributed by atoms with van der Waals surface area (Å²) < 4.78 is 3.63. The number of hydrogen-bond donors (Lipinski definition) is 0. The number of aryl methyl sites for hydroxylation is 1. The molecule has 0 aliphatic carbocycles. The highest BCUT2D eigenvalue weighted by Gasteiger charge is 2.17. The minimum Gasteiger partial charge on any atom is -0.182 e. The zero-order chi connectivity index (χ0) is 13.1. The number of halogens is 1. The fourth-order valence-electron chi connectivity index (χ4n) is 1.95. The van der Waals surface area contributed by atoms with Crippen LogP contribution in [0.4, 0.5) is 0 Å². The van der Waals surface area contributed by atoms with Crippen LogP contribution in [0.15, 0.2) is 23.1 Å². The largest absolute Gasteiger partial charge is 0.263 e. The van der Waals surface area contributed by atoms with Crippen LogP contribution >= 0.6 is 34.7 Å². The Balaban J connectivity index is 2.60. The van der Waals surface area contributed by atoms with E-state index in [1.165, 1.54) is 20.1 Å². The summed E-state index contributed by atoms with van der Waals surface area (Å²) in [5.41, 5.74) is 1.23. The highest BCUT2D eigenvalue weighted by Crippen LogP contribution is 2.27. The van der Waals surface area contributed by atoms with Gasteiger partial charge >= 0.3 is 0 Å². The number of fused-ring (bicyclic) bond motifs is 1. The molecule has 0 aliphatic heterocycles. The Bertz CT molecular complexity index is 581. The molecule has 4 heteroatoms. The third-order valence-corrected chi connectivity index (χ3v) is 5.18. The van der Waals surface area contributed by atoms with Crippen LogP contribution in [0, 0.1) is 0 Å². The molecule has 0 saturated heterocycles. The SMILES string of the molecule is CC/C(=C\c1sc2ccc(Cl)cc2[n+]1CC)SC. The predicted molar refractivity (Wildman–Crippen MR) is 84.5 cm³/mol. The molecule has 18 heavy (non-hydrogen) atoms. The molecule has 1 aromatic heterocycles. The minimum atomic E-state index is 0.804. The average molecular weight is 299 g/mol. The van der Waals surface area contributed by atoms with Gasteiger partial charge in [-0.25, -0.2) is 0 Å². The third kappa shape index (κ3) is 2.73. The van der Waals surface area contributed by atoms with Gasteiger partial charge in [-0.3, -0.25) is 0 Å². The molecule has 0 amide bonds. The van der Waals surface area contributed by atoms with Crippen molar-refractivity contribution in [1.82, 2.24) is 0 Å². The lowest BCUT2D eigenvalue weighted by Gasteiger charge is -1.97. The molecule has 2 rings (SSSR count). The zero-order valence-corrected chi connectivity index (χ0v) is 13.3. The lowest BCUT2D eigenvalue weighted by atomic mass is 10.3. The van der Waals surface area contributed by atoms with Gasteiger partial charge in [-0.1, -0.05) is 29.9 Å². The number of thiazole rings is 1. The van der Waals surface area contributed by atoms with Crippen LogP contribution in [0.25, 0.3) is 16.3 Å². The van der Waals surface area contributed by atoms with E-state index in [1.807, 2.05) is 29.2 Å². The van der Waals surface area contributed by atoms with Crippen LogP contribution in [-0.2, 0) is 6.54 Å². The van der Waals surface area contributed by atoms with E-state index in [4.69, 9.17) is 11.6 Å². The van der Waals surface area contributed by atoms with E-state index in [2.05, 4.69) is 42.9 Å². The Morgan fingerprint density at radius 3 is 2.83 bits per heavy atom. The number of allylic oxidation sites excluding steroid dienone is 1. The third-order valence-electron chi connectivity index (χ3n) is 2.90. The molecular formula is C14H17ClNS2+. The molecule has 0 unspecified atom stereocenters. The summed E-state index contributed by atoms with van der Waals surface area (Å²) in [6, 6.07) is 6.12. The molecule has 0 saturated carbocycles. The first-order valence-corrected chi connectivity index (χ1v) is 8.48. The van der Waals surface area contributed by atoms with E-state index >= 15 is 0 Å². The maximum atomic E-state index is 6.09. The first-order valence-electron chi connectivity index (χ1n) is 6.06. The standard InChI is InChI=1S/C14H17ClNS2/c1-4-11(17-3)9-14-16(5-2)12-8-10(15)6-7-13(12)18-14/h6-9H,4-5H2,1-3H3/q+1/b11-9+. The Kier molecular flexibility index (Phi) is 4.71. The van der Waals surface area contributed by atoms with Crippen molar-refractivity contribution in [3.63, 3.8) is 0 Å². The molecule has 1 aromatic carbocycles. The first kappa shape index (κ1) is 13.9. The maximum Gasteiger partial charge on any atom is 0.263 e. The van der Waals surface area contributed by atoms with Crippen molar-refractivity contribution < 1.29 is 4.57 Å². The summed E-state index contributed by atoms with van der Waals surface area (Å²) in [6.45, 7) is 5.34. The number of aromatic nitrogens is 1. The van der Waals surface area contributed by atoms with Crippen molar-refractivity contribution in [3.8, 4) is 0 Å². The van der Waals surface area contributed by atoms with E-state index in [-0.39, 0.29) is 0 Å². The molecule has 0 atom stereocenters. The molecule has 96 valence electrons. The van der Waals surface area contributed by atoms with Gasteiger partial charge in [0.25, 0.3) is 5.01 Å². The fourth-order valence-corrected chi connectivity index (χ4v) is 3.88. The van der Waals surface area contributed by atoms with Gasteiger partial charge in [-0.15, -0.1) is 11.8 Å². The Morgan fingerprint density at radius 1 is 1.44 bits per heavy atom. The van der Waals surface area contributed by atoms with Crippen molar-refractivity contribution in [2.45, 2.75) is 26.8 Å². The zero-order valence-electron chi connectivity index (χ0n) is 10.9. The topological polar surface area (TPSA) is 3.88 Å². The van der Waals surface area contributed by atoms with Crippen LogP contribution in [0.2, 0.25) is 5.02 Å². The lowest BCUT2D eigenvalue weighted by molar-refractivity contribution is -0.665. The molecule has 0 fully saturated rings. The van der Waals surface area contributed by atoms with Gasteiger partial charge in [0.1, 0.15) is 11.2 Å². The highest BCUT2D eigenvalue weighted by atomic mass is 35.5. The highest BCUT2D eigenvalue weighted by molar-refractivity contribution is 8.02. The lowest BCUT2D eigenvalue weighted by Crippen LogP contribution is -2.33. The van der Waals surface area contributed by atoms with E-state index in [0.29, 0.717) is 0 Å². The van der Waals surface area contributed by atoms with Gasteiger partial charge < -0.3 is 0 Å². The molecule has 0 bridgehead atoms. The number of hydrogen-bond acceptors (Lipinski definition) is 2. The summed E-state index contributed by atoms with van der Waals surface area (Å²) in [6.07, 6.45) is 5.52. The Morgan fingerprint density at radius 2 is 2.22 bits per heavy atom. The molecule has 2 aromatic rings. The second-order valence-electron chi connectivity index (χ2n) is 3.96. The van der Waals surface area contributed by atoms with Crippen LogP contribution < -0.4 is 4.57 Å². The van der Waals surface area contributed by atoms with Gasteiger partial charge in [0.05, 0.1) is 0 Å². The summed E-state index contributed by atoms with van der Waals surface area (Å²) in [5.74, 6) is 0. The molecule has 0 spiro atoms. The fraction of sp³-hybridized carbons (Fsp3) is 0.357. The monoisotopic (exact) mass is 298 g/mol. The van der Waals surface area contributed by atoms with Crippen LogP contribution in [-0.4, -0.2) is 6.26 Å². The van der Waals surface area contributed by atoms with E-state index in [0.717, 1.165) is 18.0 Å². The predicted octanol–water partition coefficient (Wildman–Crippen LogP) is 4.98. The summed E-state index contributed by atoms with van der Waals surface area (Å²) in [5, 5.41) is 2.11. The quantitative estimate of drug-likeness (QED) is 0.720. The second-order valence-corrected chi connectivity index (χ2v) is 6.40. The van der Waals surface area contributed by atoms with Gasteiger partial charge in [0.2, 0.25) is 5.52 Å². The van der Waals surface area contributed by atoms with Crippen LogP contribution in [0.3, 0.4) is 0 Å². The van der Waals surface area contributed by atoms with Crippen LogP contribution in [0.5, 0.6) is 0 Å². The number of rotatable bonds is 4. The Hall–Kier alpha value is -0.510. The number of thioether (sulfide) groups is 1. The summed E-state index contributed by atoms with van der Waals surface area (Å²) >= 11 is 9.75. The molecule has 0 N–H and O–H groups in total. The van der Waals surface area contributed by atoms with Gasteiger partial charge in [0, 0.05) is 17.2 Å². The normalized spacial score (nSPS) is 12.3. The van der Waals surface area contributed by atoms with Gasteiger partial charge in [-0.05, 0) is 36.6 Å². The minimum absolute atomic E-state index is 0.804. The molecule has 1 heterocycles. The van der Waals surface area contributed by atoms with Crippen molar-refractivity contribution >= 4 is 51.0 Å². The second kappa shape index (κ2) is 6.09. The Labute approximate surface area is 121 Å². The van der Waals surface area contributed by atoms with Gasteiger partial charge in [-0.2, -0.15) is 4.57 Å². The molecule has 0 radical (unpaired) electrons. The molecule has 0 aliphatic rings. The van der Waals surface area contributed by atoms with Gasteiger partial charge in [0.15, 0.2) is 0 Å². The maximum absolute atomic E-state index is 6.09. The van der Waals surface area contributed by atoms with E-state index in [1.54, 1.807) is 0 Å². The summed E-state index contributed by atoms with van der Waals surface area (Å²) in [7, 11) is 0. The van der Waals surface area contributed by atoms with Crippen molar-refractivity contribution in [3.05, 3.63) is 33.1 Å². The summed E-state index contributed by atoms with van der Waals surface area (Å²) in [4.78, 5) is 1.41. The average Bonchev–Trinajstić information content (AvgIpc) is 2.72.